The van der Waals surface area contributed by atoms with Crippen molar-refractivity contribution >= 4 is 21.6 Å². The number of halogens is 1. The van der Waals surface area contributed by atoms with E-state index in [-0.39, 0.29) is 6.04 Å². The van der Waals surface area contributed by atoms with Crippen LogP contribution in [0.5, 0.6) is 0 Å². The fourth-order valence-corrected chi connectivity index (χ4v) is 2.51. The lowest BCUT2D eigenvalue weighted by molar-refractivity contribution is 0.567. The molecule has 3 heteroatoms. The van der Waals surface area contributed by atoms with E-state index in [4.69, 9.17) is 5.73 Å². The van der Waals surface area contributed by atoms with Crippen LogP contribution in [0.2, 0.25) is 0 Å². The van der Waals surface area contributed by atoms with Crippen molar-refractivity contribution in [2.75, 3.05) is 11.4 Å². The van der Waals surface area contributed by atoms with E-state index in [1.807, 2.05) is 6.92 Å². The van der Waals surface area contributed by atoms with E-state index in [0.717, 1.165) is 11.0 Å². The lowest BCUT2D eigenvalue weighted by Crippen LogP contribution is -2.35. The fraction of sp³-hybridized carbons (Fsp3) is 0.600. The number of nitrogens with zero attached hydrogens (tertiary/aromatic N) is 1. The lowest BCUT2D eigenvalue weighted by atomic mass is 10.0. The minimum atomic E-state index is 0.0471. The molecule has 1 aromatic carbocycles. The van der Waals surface area contributed by atoms with Gasteiger partial charge in [0.1, 0.15) is 0 Å². The molecule has 0 heterocycles. The molecule has 2 nitrogen and oxygen atoms in total. The Balaban J connectivity index is 3.18. The molecular weight excluding hydrogens is 288 g/mol. The number of anilines is 1. The molecule has 1 atom stereocenters. The summed E-state index contributed by atoms with van der Waals surface area (Å²) >= 11 is 3.53. The van der Waals surface area contributed by atoms with E-state index < -0.39 is 0 Å². The van der Waals surface area contributed by atoms with Crippen LogP contribution in [0.3, 0.4) is 0 Å². The van der Waals surface area contributed by atoms with Crippen LogP contribution in [0.15, 0.2) is 22.7 Å². The Bertz CT molecular complexity index is 386. The fourth-order valence-electron chi connectivity index (χ4n) is 2.13. The van der Waals surface area contributed by atoms with Gasteiger partial charge >= 0.3 is 0 Å². The van der Waals surface area contributed by atoms with Crippen LogP contribution >= 0.6 is 15.9 Å². The van der Waals surface area contributed by atoms with Crippen LogP contribution in [0.1, 0.15) is 46.2 Å². The summed E-state index contributed by atoms with van der Waals surface area (Å²) < 4.78 is 1.09. The monoisotopic (exact) mass is 312 g/mol. The predicted octanol–water partition coefficient (Wildman–Crippen LogP) is 4.34. The van der Waals surface area contributed by atoms with Crippen LogP contribution in [0.4, 0.5) is 5.69 Å². The van der Waals surface area contributed by atoms with Crippen molar-refractivity contribution in [3.05, 3.63) is 28.2 Å². The molecule has 0 radical (unpaired) electrons. The molecule has 2 N–H and O–H groups in total. The van der Waals surface area contributed by atoms with Gasteiger partial charge in [0.25, 0.3) is 0 Å². The quantitative estimate of drug-likeness (QED) is 0.876. The first kappa shape index (κ1) is 15.5. The minimum Gasteiger partial charge on any atom is -0.369 e. The van der Waals surface area contributed by atoms with Crippen LogP contribution in [0, 0.1) is 5.92 Å². The molecule has 0 fully saturated rings. The predicted molar refractivity (Wildman–Crippen MR) is 84.1 cm³/mol. The van der Waals surface area contributed by atoms with Crippen LogP contribution in [-0.4, -0.2) is 12.6 Å². The Hall–Kier alpha value is -0.540. The number of hydrogen-bond acceptors (Lipinski definition) is 2. The van der Waals surface area contributed by atoms with Crippen molar-refractivity contribution in [3.63, 3.8) is 0 Å². The molecule has 0 aromatic heterocycles. The molecule has 0 saturated carbocycles. The average Bonchev–Trinajstić information content (AvgIpc) is 2.25. The summed E-state index contributed by atoms with van der Waals surface area (Å²) in [5.41, 5.74) is 8.57. The maximum Gasteiger partial charge on any atom is 0.0417 e. The minimum absolute atomic E-state index is 0.0471. The van der Waals surface area contributed by atoms with E-state index in [2.05, 4.69) is 66.7 Å². The Kier molecular flexibility index (Phi) is 5.67. The first-order valence-corrected chi connectivity index (χ1v) is 7.44. The summed E-state index contributed by atoms with van der Waals surface area (Å²) in [6, 6.07) is 6.93. The Morgan fingerprint density at radius 2 is 1.78 bits per heavy atom. The highest BCUT2D eigenvalue weighted by atomic mass is 79.9. The number of hydrogen-bond donors (Lipinski definition) is 1. The van der Waals surface area contributed by atoms with Gasteiger partial charge in [-0.25, -0.2) is 0 Å². The molecule has 0 aliphatic carbocycles. The third-order valence-electron chi connectivity index (χ3n) is 2.97. The highest BCUT2D eigenvalue weighted by Crippen LogP contribution is 2.30. The molecule has 0 aliphatic rings. The van der Waals surface area contributed by atoms with Gasteiger partial charge in [0.2, 0.25) is 0 Å². The van der Waals surface area contributed by atoms with Crippen LogP contribution < -0.4 is 10.6 Å². The normalized spacial score (nSPS) is 13.2. The number of benzene rings is 1. The first-order chi connectivity index (χ1) is 8.32. The summed E-state index contributed by atoms with van der Waals surface area (Å²) in [5, 5.41) is 0. The molecule has 0 spiro atoms. The second-order valence-electron chi connectivity index (χ2n) is 5.63. The average molecular weight is 313 g/mol. The zero-order valence-corrected chi connectivity index (χ0v) is 13.7. The van der Waals surface area contributed by atoms with Gasteiger partial charge in [0, 0.05) is 28.8 Å². The van der Waals surface area contributed by atoms with Crippen molar-refractivity contribution < 1.29 is 0 Å². The van der Waals surface area contributed by atoms with Gasteiger partial charge in [-0.2, -0.15) is 0 Å². The third kappa shape index (κ3) is 3.99. The summed E-state index contributed by atoms with van der Waals surface area (Å²) in [6.07, 6.45) is 0. The summed E-state index contributed by atoms with van der Waals surface area (Å²) in [6.45, 7) is 12.1. The highest BCUT2D eigenvalue weighted by molar-refractivity contribution is 9.10. The van der Waals surface area contributed by atoms with Crippen molar-refractivity contribution in [2.45, 2.75) is 46.7 Å². The van der Waals surface area contributed by atoms with Crippen LogP contribution in [-0.2, 0) is 0 Å². The van der Waals surface area contributed by atoms with Crippen molar-refractivity contribution in [3.8, 4) is 0 Å². The Labute approximate surface area is 120 Å². The molecule has 1 unspecified atom stereocenters. The van der Waals surface area contributed by atoms with Gasteiger partial charge in [-0.15, -0.1) is 0 Å². The zero-order chi connectivity index (χ0) is 13.9. The summed E-state index contributed by atoms with van der Waals surface area (Å²) in [5.74, 6) is 0.636. The molecule has 0 bridgehead atoms. The Morgan fingerprint density at radius 1 is 1.17 bits per heavy atom. The number of rotatable bonds is 5. The highest BCUT2D eigenvalue weighted by Gasteiger charge is 2.17. The standard InChI is InChI=1S/C15H25BrN2/c1-10(2)9-18(11(3)4)15-7-6-13(16)8-14(15)12(5)17/h6-8,10-12H,9,17H2,1-5H3. The molecule has 0 saturated heterocycles. The van der Waals surface area contributed by atoms with Crippen LogP contribution in [0.25, 0.3) is 0 Å². The molecule has 1 aromatic rings. The third-order valence-corrected chi connectivity index (χ3v) is 3.47. The maximum absolute atomic E-state index is 6.10. The molecule has 0 amide bonds. The molecule has 1 rings (SSSR count). The molecule has 0 aliphatic heterocycles. The van der Waals surface area contributed by atoms with Gasteiger partial charge in [-0.05, 0) is 50.5 Å². The van der Waals surface area contributed by atoms with E-state index in [0.29, 0.717) is 12.0 Å². The molecule has 18 heavy (non-hydrogen) atoms. The largest absolute Gasteiger partial charge is 0.369 e. The van der Waals surface area contributed by atoms with Gasteiger partial charge in [-0.1, -0.05) is 29.8 Å². The van der Waals surface area contributed by atoms with Gasteiger partial charge in [-0.3, -0.25) is 0 Å². The first-order valence-electron chi connectivity index (χ1n) is 6.64. The Morgan fingerprint density at radius 3 is 2.22 bits per heavy atom. The smallest absolute Gasteiger partial charge is 0.0417 e. The zero-order valence-electron chi connectivity index (χ0n) is 12.1. The summed E-state index contributed by atoms with van der Waals surface area (Å²) in [7, 11) is 0. The second kappa shape index (κ2) is 6.58. The van der Waals surface area contributed by atoms with E-state index in [1.54, 1.807) is 0 Å². The van der Waals surface area contributed by atoms with Gasteiger partial charge in [0.05, 0.1) is 0 Å². The van der Waals surface area contributed by atoms with E-state index >= 15 is 0 Å². The van der Waals surface area contributed by atoms with E-state index in [9.17, 15) is 0 Å². The van der Waals surface area contributed by atoms with Crippen molar-refractivity contribution in [1.29, 1.82) is 0 Å². The van der Waals surface area contributed by atoms with E-state index in [1.165, 1.54) is 11.3 Å². The SMILES string of the molecule is CC(C)CN(c1ccc(Br)cc1C(C)N)C(C)C. The van der Waals surface area contributed by atoms with Gasteiger partial charge < -0.3 is 10.6 Å². The molecule has 102 valence electrons. The van der Waals surface area contributed by atoms with Crippen molar-refractivity contribution in [2.24, 2.45) is 11.7 Å². The number of nitrogens with two attached hydrogens (primary N) is 1. The second-order valence-corrected chi connectivity index (χ2v) is 6.55. The molecular formula is C15H25BrN2. The van der Waals surface area contributed by atoms with Gasteiger partial charge in [0.15, 0.2) is 0 Å². The van der Waals surface area contributed by atoms with Crippen molar-refractivity contribution in [1.82, 2.24) is 0 Å². The maximum atomic E-state index is 6.10. The summed E-state index contributed by atoms with van der Waals surface area (Å²) in [4.78, 5) is 2.44. The topological polar surface area (TPSA) is 29.3 Å². The lowest BCUT2D eigenvalue weighted by Gasteiger charge is -2.33.